The first-order chi connectivity index (χ1) is 9.60. The number of hydrogen-bond acceptors (Lipinski definition) is 3. The van der Waals surface area contributed by atoms with Gasteiger partial charge in [0, 0.05) is 18.4 Å². The number of hydrogen-bond donors (Lipinski definition) is 1. The lowest BCUT2D eigenvalue weighted by molar-refractivity contribution is 0.0947. The van der Waals surface area contributed by atoms with Crippen LogP contribution < -0.4 is 5.32 Å². The summed E-state index contributed by atoms with van der Waals surface area (Å²) < 4.78 is 3.58. The van der Waals surface area contributed by atoms with Crippen molar-refractivity contribution >= 4 is 5.91 Å². The van der Waals surface area contributed by atoms with Gasteiger partial charge in [0.15, 0.2) is 0 Å². The first-order valence-corrected chi connectivity index (χ1v) is 6.93. The maximum atomic E-state index is 11.8. The zero-order valence-corrected chi connectivity index (χ0v) is 12.3. The van der Waals surface area contributed by atoms with Gasteiger partial charge >= 0.3 is 0 Å². The van der Waals surface area contributed by atoms with Gasteiger partial charge in [0.05, 0.1) is 5.69 Å². The van der Waals surface area contributed by atoms with Crippen molar-refractivity contribution in [2.75, 3.05) is 6.54 Å². The second-order valence-electron chi connectivity index (χ2n) is 4.92. The first kappa shape index (κ1) is 14.3. The minimum atomic E-state index is -0.120. The molecule has 0 aliphatic carbocycles. The number of nitrogens with one attached hydrogen (secondary N) is 1. The Morgan fingerprint density at radius 1 is 1.35 bits per heavy atom. The molecule has 2 rings (SSSR count). The maximum Gasteiger partial charge on any atom is 0.271 e. The van der Waals surface area contributed by atoms with E-state index in [1.165, 1.54) is 0 Å². The van der Waals surface area contributed by atoms with Gasteiger partial charge in [-0.25, -0.2) is 4.68 Å². The van der Waals surface area contributed by atoms with E-state index < -0.39 is 0 Å². The molecule has 0 aliphatic rings. The summed E-state index contributed by atoms with van der Waals surface area (Å²) in [6.07, 6.45) is 3.84. The monoisotopic (exact) mass is 275 g/mol. The summed E-state index contributed by atoms with van der Waals surface area (Å²) in [5.41, 5.74) is 2.50. The number of carbonyl (C=O) groups is 1. The Morgan fingerprint density at radius 2 is 2.15 bits per heavy atom. The highest BCUT2D eigenvalue weighted by atomic mass is 16.1. The average molecular weight is 275 g/mol. The molecule has 0 saturated heterocycles. The van der Waals surface area contributed by atoms with Crippen LogP contribution >= 0.6 is 0 Å². The molecular formula is C14H21N5O. The molecule has 2 aromatic heterocycles. The van der Waals surface area contributed by atoms with Crippen LogP contribution in [0.5, 0.6) is 0 Å². The maximum absolute atomic E-state index is 11.8. The first-order valence-electron chi connectivity index (χ1n) is 6.93. The van der Waals surface area contributed by atoms with Crippen LogP contribution in [0.1, 0.15) is 41.6 Å². The number of nitrogens with zero attached hydrogens (tertiary/aromatic N) is 4. The molecule has 6 nitrogen and oxygen atoms in total. The SMILES string of the molecule is CCCCNC(=O)c1ccn(Cn2nc(C)cc2C)n1. The summed E-state index contributed by atoms with van der Waals surface area (Å²) in [6, 6.07) is 3.74. The Morgan fingerprint density at radius 3 is 2.80 bits per heavy atom. The highest BCUT2D eigenvalue weighted by Crippen LogP contribution is 2.03. The highest BCUT2D eigenvalue weighted by molar-refractivity contribution is 5.92. The Kier molecular flexibility index (Phi) is 4.55. The summed E-state index contributed by atoms with van der Waals surface area (Å²) in [7, 11) is 0. The van der Waals surface area contributed by atoms with Crippen molar-refractivity contribution in [1.82, 2.24) is 24.9 Å². The summed E-state index contributed by atoms with van der Waals surface area (Å²) in [5.74, 6) is -0.120. The second-order valence-corrected chi connectivity index (χ2v) is 4.92. The van der Waals surface area contributed by atoms with Crippen molar-refractivity contribution in [3.05, 3.63) is 35.4 Å². The topological polar surface area (TPSA) is 64.7 Å². The number of aromatic nitrogens is 4. The van der Waals surface area contributed by atoms with Crippen LogP contribution in [0.3, 0.4) is 0 Å². The molecule has 2 heterocycles. The van der Waals surface area contributed by atoms with E-state index in [2.05, 4.69) is 22.4 Å². The number of carbonyl (C=O) groups excluding carboxylic acids is 1. The third-order valence-electron chi connectivity index (χ3n) is 3.07. The highest BCUT2D eigenvalue weighted by Gasteiger charge is 2.09. The summed E-state index contributed by atoms with van der Waals surface area (Å²) in [5, 5.41) is 11.5. The number of unbranched alkanes of at least 4 members (excludes halogenated alkanes) is 1. The summed E-state index contributed by atoms with van der Waals surface area (Å²) >= 11 is 0. The van der Waals surface area contributed by atoms with Crippen molar-refractivity contribution in [3.63, 3.8) is 0 Å². The summed E-state index contributed by atoms with van der Waals surface area (Å²) in [4.78, 5) is 11.8. The number of aryl methyl sites for hydroxylation is 2. The molecule has 1 N–H and O–H groups in total. The van der Waals surface area contributed by atoms with Crippen LogP contribution in [0.4, 0.5) is 0 Å². The van der Waals surface area contributed by atoms with Crippen LogP contribution in [0.2, 0.25) is 0 Å². The Hall–Kier alpha value is -2.11. The normalized spacial score (nSPS) is 10.8. The third-order valence-corrected chi connectivity index (χ3v) is 3.07. The van der Waals surface area contributed by atoms with E-state index in [4.69, 9.17) is 0 Å². The predicted molar refractivity (Wildman–Crippen MR) is 76.6 cm³/mol. The van der Waals surface area contributed by atoms with Gasteiger partial charge < -0.3 is 5.32 Å². The second kappa shape index (κ2) is 6.36. The van der Waals surface area contributed by atoms with Crippen LogP contribution in [-0.2, 0) is 6.67 Å². The van der Waals surface area contributed by atoms with Crippen LogP contribution in [0, 0.1) is 13.8 Å². The molecule has 0 bridgehead atoms. The lowest BCUT2D eigenvalue weighted by Crippen LogP contribution is -2.25. The fourth-order valence-electron chi connectivity index (χ4n) is 1.99. The molecule has 2 aromatic rings. The Balaban J connectivity index is 1.98. The van der Waals surface area contributed by atoms with Crippen LogP contribution in [-0.4, -0.2) is 32.0 Å². The average Bonchev–Trinajstić information content (AvgIpc) is 2.98. The van der Waals surface area contributed by atoms with Gasteiger partial charge in [-0.15, -0.1) is 0 Å². The predicted octanol–water partition coefficient (Wildman–Crippen LogP) is 1.73. The molecule has 108 valence electrons. The molecule has 0 atom stereocenters. The van der Waals surface area contributed by atoms with Crippen molar-refractivity contribution in [3.8, 4) is 0 Å². The van der Waals surface area contributed by atoms with E-state index in [1.54, 1.807) is 16.9 Å². The van der Waals surface area contributed by atoms with Gasteiger partial charge in [-0.3, -0.25) is 9.48 Å². The fourth-order valence-corrected chi connectivity index (χ4v) is 1.99. The minimum absolute atomic E-state index is 0.120. The molecule has 0 aliphatic heterocycles. The van der Waals surface area contributed by atoms with E-state index in [-0.39, 0.29) is 5.91 Å². The summed E-state index contributed by atoms with van der Waals surface area (Å²) in [6.45, 7) is 7.26. The van der Waals surface area contributed by atoms with Gasteiger partial charge in [-0.1, -0.05) is 13.3 Å². The molecule has 0 saturated carbocycles. The Labute approximate surface area is 118 Å². The van der Waals surface area contributed by atoms with Crippen LogP contribution in [0.15, 0.2) is 18.3 Å². The molecule has 0 radical (unpaired) electrons. The number of rotatable bonds is 6. The van der Waals surface area contributed by atoms with Gasteiger partial charge in [0.1, 0.15) is 12.4 Å². The van der Waals surface area contributed by atoms with Crippen molar-refractivity contribution in [2.45, 2.75) is 40.3 Å². The number of amides is 1. The van der Waals surface area contributed by atoms with E-state index in [0.717, 1.165) is 24.2 Å². The van der Waals surface area contributed by atoms with Gasteiger partial charge in [-0.05, 0) is 32.4 Å². The molecule has 6 heteroatoms. The van der Waals surface area contributed by atoms with E-state index in [9.17, 15) is 4.79 Å². The molecule has 20 heavy (non-hydrogen) atoms. The van der Waals surface area contributed by atoms with E-state index >= 15 is 0 Å². The van der Waals surface area contributed by atoms with Crippen LogP contribution in [0.25, 0.3) is 0 Å². The lowest BCUT2D eigenvalue weighted by Gasteiger charge is -2.04. The smallest absolute Gasteiger partial charge is 0.271 e. The quantitative estimate of drug-likeness (QED) is 0.817. The van der Waals surface area contributed by atoms with Crippen molar-refractivity contribution in [1.29, 1.82) is 0 Å². The van der Waals surface area contributed by atoms with Gasteiger partial charge in [-0.2, -0.15) is 10.2 Å². The van der Waals surface area contributed by atoms with Gasteiger partial charge in [0.25, 0.3) is 5.91 Å². The van der Waals surface area contributed by atoms with Crippen molar-refractivity contribution in [2.24, 2.45) is 0 Å². The molecule has 1 amide bonds. The molecule has 0 fully saturated rings. The molecule has 0 unspecified atom stereocenters. The fraction of sp³-hybridized carbons (Fsp3) is 0.500. The molecule has 0 aromatic carbocycles. The Bertz CT molecular complexity index is 584. The lowest BCUT2D eigenvalue weighted by atomic mass is 10.3. The van der Waals surface area contributed by atoms with Gasteiger partial charge in [0.2, 0.25) is 0 Å². The molecular weight excluding hydrogens is 254 g/mol. The molecule has 0 spiro atoms. The van der Waals surface area contributed by atoms with E-state index in [0.29, 0.717) is 18.9 Å². The third kappa shape index (κ3) is 3.46. The minimum Gasteiger partial charge on any atom is -0.351 e. The zero-order valence-electron chi connectivity index (χ0n) is 12.3. The van der Waals surface area contributed by atoms with E-state index in [1.807, 2.05) is 24.6 Å². The zero-order chi connectivity index (χ0) is 14.5. The largest absolute Gasteiger partial charge is 0.351 e. The van der Waals surface area contributed by atoms with Crippen molar-refractivity contribution < 1.29 is 4.79 Å². The standard InChI is InChI=1S/C14H21N5O/c1-4-5-7-15-14(20)13-6-8-18(17-13)10-19-12(3)9-11(2)16-19/h6,8-9H,4-5,7,10H2,1-3H3,(H,15,20).